The molecule has 8 heteroatoms. The second-order valence-corrected chi connectivity index (χ2v) is 1.92. The first-order valence-corrected chi connectivity index (χ1v) is 2.83. The van der Waals surface area contributed by atoms with Crippen molar-refractivity contribution in [2.75, 3.05) is 0 Å². The Labute approximate surface area is 94.0 Å². The molecule has 58 valence electrons. The molecule has 0 spiro atoms. The number of aromatic nitrogens is 2. The standard InChI is InChI=1S/C4H2ClN3O3.Na/c5-4-6-1-2(8(10)11)3(9)7-4;/h1H,(H,6,7,9);/q;+1/p-1. The van der Waals surface area contributed by atoms with Gasteiger partial charge in [-0.1, -0.05) is 0 Å². The molecule has 1 aromatic rings. The van der Waals surface area contributed by atoms with Crippen LogP contribution in [0.1, 0.15) is 0 Å². The van der Waals surface area contributed by atoms with Crippen LogP contribution in [0.2, 0.25) is 5.28 Å². The quantitative estimate of drug-likeness (QED) is 0.209. The third-order valence-electron chi connectivity index (χ3n) is 0.903. The first kappa shape index (κ1) is 11.6. The van der Waals surface area contributed by atoms with Crippen LogP contribution in [-0.4, -0.2) is 14.9 Å². The molecular weight excluding hydrogens is 197 g/mol. The molecule has 1 aromatic heterocycles. The van der Waals surface area contributed by atoms with E-state index in [4.69, 9.17) is 11.6 Å². The Kier molecular flexibility index (Phi) is 4.40. The van der Waals surface area contributed by atoms with Gasteiger partial charge in [0, 0.05) is 0 Å². The summed E-state index contributed by atoms with van der Waals surface area (Å²) in [5, 5.41) is 20.3. The molecule has 1 heterocycles. The molecule has 0 aliphatic carbocycles. The average Bonchev–Trinajstić information content (AvgIpc) is 1.85. The fourth-order valence-corrected chi connectivity index (χ4v) is 0.590. The third-order valence-corrected chi connectivity index (χ3v) is 1.09. The van der Waals surface area contributed by atoms with Gasteiger partial charge >= 0.3 is 29.6 Å². The number of hydrogen-bond acceptors (Lipinski definition) is 5. The SMILES string of the molecule is O=[N+]([O-])c1cnc(Cl)nc1[O-].[Na+]. The average molecular weight is 198 g/mol. The van der Waals surface area contributed by atoms with Crippen LogP contribution < -0.4 is 34.7 Å². The van der Waals surface area contributed by atoms with Gasteiger partial charge in [0.1, 0.15) is 6.20 Å². The molecule has 0 atom stereocenters. The molecule has 0 aromatic carbocycles. The van der Waals surface area contributed by atoms with E-state index >= 15 is 0 Å². The van der Waals surface area contributed by atoms with Crippen molar-refractivity contribution in [2.45, 2.75) is 0 Å². The molecule has 0 saturated heterocycles. The smallest absolute Gasteiger partial charge is 0.854 e. The van der Waals surface area contributed by atoms with Crippen molar-refractivity contribution in [1.82, 2.24) is 9.97 Å². The van der Waals surface area contributed by atoms with Gasteiger partial charge in [0.15, 0.2) is 0 Å². The zero-order valence-electron chi connectivity index (χ0n) is 6.02. The minimum Gasteiger partial charge on any atom is -0.854 e. The molecule has 12 heavy (non-hydrogen) atoms. The van der Waals surface area contributed by atoms with Gasteiger partial charge in [-0.2, -0.15) is 0 Å². The van der Waals surface area contributed by atoms with Gasteiger partial charge < -0.3 is 5.11 Å². The molecule has 0 unspecified atom stereocenters. The fraction of sp³-hybridized carbons (Fsp3) is 0. The van der Waals surface area contributed by atoms with Crippen molar-refractivity contribution in [3.63, 3.8) is 0 Å². The number of hydrogen-bond donors (Lipinski definition) is 0. The summed E-state index contributed by atoms with van der Waals surface area (Å²) in [6.45, 7) is 0. The van der Waals surface area contributed by atoms with Crippen LogP contribution in [0.4, 0.5) is 5.69 Å². The maximum Gasteiger partial charge on any atom is 1.00 e. The van der Waals surface area contributed by atoms with E-state index < -0.39 is 16.5 Å². The van der Waals surface area contributed by atoms with Gasteiger partial charge in [0.25, 0.3) is 5.69 Å². The fourth-order valence-electron chi connectivity index (χ4n) is 0.465. The Bertz CT molecular complexity index is 308. The van der Waals surface area contributed by atoms with E-state index in [9.17, 15) is 15.2 Å². The minimum atomic E-state index is -0.977. The topological polar surface area (TPSA) is 92.0 Å². The predicted octanol–water partition coefficient (Wildman–Crippen LogP) is -2.88. The van der Waals surface area contributed by atoms with Crippen molar-refractivity contribution in [3.8, 4) is 5.88 Å². The van der Waals surface area contributed by atoms with Crippen LogP contribution in [0.5, 0.6) is 5.88 Å². The van der Waals surface area contributed by atoms with Crippen LogP contribution in [0.15, 0.2) is 6.20 Å². The van der Waals surface area contributed by atoms with Crippen LogP contribution in [-0.2, 0) is 0 Å². The Morgan fingerprint density at radius 1 is 1.58 bits per heavy atom. The Balaban J connectivity index is 0.00000121. The Morgan fingerprint density at radius 2 is 2.17 bits per heavy atom. The molecule has 0 saturated carbocycles. The van der Waals surface area contributed by atoms with Crippen molar-refractivity contribution < 1.29 is 39.6 Å². The summed E-state index contributed by atoms with van der Waals surface area (Å²) in [5.74, 6) is -0.977. The molecular formula is C4HClN3NaO3. The number of halogens is 1. The van der Waals surface area contributed by atoms with Gasteiger partial charge in [0.05, 0.1) is 10.8 Å². The van der Waals surface area contributed by atoms with E-state index in [1.54, 1.807) is 0 Å². The van der Waals surface area contributed by atoms with Crippen molar-refractivity contribution in [1.29, 1.82) is 0 Å². The van der Waals surface area contributed by atoms with E-state index in [1.807, 2.05) is 0 Å². The van der Waals surface area contributed by atoms with Crippen molar-refractivity contribution in [3.05, 3.63) is 21.6 Å². The second-order valence-electron chi connectivity index (χ2n) is 1.59. The largest absolute Gasteiger partial charge is 1.00 e. The van der Waals surface area contributed by atoms with Gasteiger partial charge in [0.2, 0.25) is 5.28 Å². The van der Waals surface area contributed by atoms with E-state index in [-0.39, 0.29) is 34.8 Å². The molecule has 0 amide bonds. The predicted molar refractivity (Wildman–Crippen MR) is 33.1 cm³/mol. The zero-order chi connectivity index (χ0) is 8.43. The van der Waals surface area contributed by atoms with Crippen molar-refractivity contribution in [2.24, 2.45) is 0 Å². The molecule has 0 aliphatic heterocycles. The van der Waals surface area contributed by atoms with Gasteiger partial charge in [-0.25, -0.2) is 9.97 Å². The summed E-state index contributed by atoms with van der Waals surface area (Å²) in [5.41, 5.74) is -0.672. The Morgan fingerprint density at radius 3 is 2.58 bits per heavy atom. The summed E-state index contributed by atoms with van der Waals surface area (Å²) in [6.07, 6.45) is 0.775. The summed E-state index contributed by atoms with van der Waals surface area (Å²) in [4.78, 5) is 15.5. The van der Waals surface area contributed by atoms with Crippen LogP contribution in [0.25, 0.3) is 0 Å². The molecule has 0 aliphatic rings. The maximum atomic E-state index is 10.6. The molecule has 0 bridgehead atoms. The molecule has 6 nitrogen and oxygen atoms in total. The van der Waals surface area contributed by atoms with E-state index in [0.29, 0.717) is 0 Å². The van der Waals surface area contributed by atoms with Crippen LogP contribution in [0, 0.1) is 10.1 Å². The normalized spacial score (nSPS) is 8.75. The third kappa shape index (κ3) is 2.56. The number of nitrogens with zero attached hydrogens (tertiary/aromatic N) is 3. The zero-order valence-corrected chi connectivity index (χ0v) is 8.78. The summed E-state index contributed by atoms with van der Waals surface area (Å²) in [7, 11) is 0. The van der Waals surface area contributed by atoms with E-state index in [0.717, 1.165) is 6.20 Å². The Hall–Kier alpha value is -0.430. The number of rotatable bonds is 1. The summed E-state index contributed by atoms with van der Waals surface area (Å²) in [6, 6.07) is 0. The van der Waals surface area contributed by atoms with Gasteiger partial charge in [-0.3, -0.25) is 10.1 Å². The molecule has 0 fully saturated rings. The molecule has 0 N–H and O–H groups in total. The molecule has 1 rings (SSSR count). The van der Waals surface area contributed by atoms with E-state index in [2.05, 4.69) is 9.97 Å². The molecule has 0 radical (unpaired) electrons. The minimum absolute atomic E-state index is 0. The summed E-state index contributed by atoms with van der Waals surface area (Å²) >= 11 is 5.18. The van der Waals surface area contributed by atoms with Gasteiger partial charge in [-0.15, -0.1) is 0 Å². The first-order chi connectivity index (χ1) is 5.11. The van der Waals surface area contributed by atoms with Crippen molar-refractivity contribution >= 4 is 17.3 Å². The number of nitro groups is 1. The monoisotopic (exact) mass is 197 g/mol. The van der Waals surface area contributed by atoms with Crippen LogP contribution in [0.3, 0.4) is 0 Å². The summed E-state index contributed by atoms with van der Waals surface area (Å²) < 4.78 is 0. The maximum absolute atomic E-state index is 10.6. The first-order valence-electron chi connectivity index (χ1n) is 2.45. The second kappa shape index (κ2) is 4.56. The van der Waals surface area contributed by atoms with Gasteiger partial charge in [-0.05, 0) is 11.6 Å². The van der Waals surface area contributed by atoms with Crippen LogP contribution >= 0.6 is 11.6 Å². The van der Waals surface area contributed by atoms with E-state index in [1.165, 1.54) is 0 Å².